The van der Waals surface area contributed by atoms with E-state index in [9.17, 15) is 0 Å². The quantitative estimate of drug-likeness (QED) is 0.749. The van der Waals surface area contributed by atoms with Gasteiger partial charge in [0.1, 0.15) is 0 Å². The lowest BCUT2D eigenvalue weighted by Crippen LogP contribution is -2.46. The van der Waals surface area contributed by atoms with Crippen LogP contribution in [0, 0.1) is 0 Å². The first-order valence-electron chi connectivity index (χ1n) is 8.41. The number of anilines is 2. The lowest BCUT2D eigenvalue weighted by molar-refractivity contribution is 0.438. The van der Waals surface area contributed by atoms with Crippen LogP contribution >= 0.6 is 0 Å². The number of aromatic nitrogens is 4. The van der Waals surface area contributed by atoms with E-state index in [1.807, 2.05) is 41.3 Å². The lowest BCUT2D eigenvalue weighted by Gasteiger charge is -2.32. The molecule has 122 valence electrons. The molecule has 5 rings (SSSR count). The van der Waals surface area contributed by atoms with Gasteiger partial charge in [0.05, 0.1) is 35.8 Å². The SMILES string of the molecule is c1ccn2ncc(-c3ncc4c(n3)N([C@H]3CCCNC3)CN4)c2c1. The fraction of sp³-hybridized carbons (Fsp3) is 0.353. The van der Waals surface area contributed by atoms with Crippen molar-refractivity contribution in [2.45, 2.75) is 18.9 Å². The topological polar surface area (TPSA) is 70.4 Å². The zero-order valence-corrected chi connectivity index (χ0v) is 13.3. The summed E-state index contributed by atoms with van der Waals surface area (Å²) in [4.78, 5) is 11.8. The molecule has 7 nitrogen and oxygen atoms in total. The molecular formula is C17H19N7. The van der Waals surface area contributed by atoms with Crippen molar-refractivity contribution in [3.63, 3.8) is 0 Å². The van der Waals surface area contributed by atoms with Gasteiger partial charge in [-0.3, -0.25) is 0 Å². The third-order valence-electron chi connectivity index (χ3n) is 4.86. The van der Waals surface area contributed by atoms with E-state index in [1.54, 1.807) is 0 Å². The van der Waals surface area contributed by atoms with Crippen LogP contribution in [-0.2, 0) is 0 Å². The zero-order chi connectivity index (χ0) is 15.9. The molecule has 1 atom stereocenters. The molecule has 0 bridgehead atoms. The Bertz CT molecular complexity index is 882. The third-order valence-corrected chi connectivity index (χ3v) is 4.86. The van der Waals surface area contributed by atoms with Gasteiger partial charge in [-0.2, -0.15) is 5.10 Å². The second kappa shape index (κ2) is 5.45. The van der Waals surface area contributed by atoms with E-state index < -0.39 is 0 Å². The number of fused-ring (bicyclic) bond motifs is 2. The van der Waals surface area contributed by atoms with E-state index in [1.165, 1.54) is 12.8 Å². The van der Waals surface area contributed by atoms with Gasteiger partial charge in [-0.15, -0.1) is 0 Å². The van der Waals surface area contributed by atoms with Crippen molar-refractivity contribution in [3.8, 4) is 11.4 Å². The van der Waals surface area contributed by atoms with Crippen LogP contribution in [0.4, 0.5) is 11.5 Å². The van der Waals surface area contributed by atoms with Crippen molar-refractivity contribution in [1.82, 2.24) is 24.9 Å². The van der Waals surface area contributed by atoms with Crippen molar-refractivity contribution < 1.29 is 0 Å². The number of nitrogens with one attached hydrogen (secondary N) is 2. The average molecular weight is 321 g/mol. The summed E-state index contributed by atoms with van der Waals surface area (Å²) in [6, 6.07) is 6.50. The maximum Gasteiger partial charge on any atom is 0.165 e. The van der Waals surface area contributed by atoms with Gasteiger partial charge in [0.15, 0.2) is 11.6 Å². The maximum absolute atomic E-state index is 4.87. The molecule has 3 aromatic heterocycles. The van der Waals surface area contributed by atoms with Crippen molar-refractivity contribution in [2.75, 3.05) is 30.0 Å². The van der Waals surface area contributed by atoms with E-state index in [0.29, 0.717) is 6.04 Å². The molecule has 3 aromatic rings. The van der Waals surface area contributed by atoms with Crippen molar-refractivity contribution >= 4 is 17.0 Å². The van der Waals surface area contributed by atoms with Crippen molar-refractivity contribution in [2.24, 2.45) is 0 Å². The zero-order valence-electron chi connectivity index (χ0n) is 13.3. The number of hydrogen-bond acceptors (Lipinski definition) is 6. The van der Waals surface area contributed by atoms with Crippen LogP contribution in [0.3, 0.4) is 0 Å². The van der Waals surface area contributed by atoms with E-state index >= 15 is 0 Å². The smallest absolute Gasteiger partial charge is 0.165 e. The van der Waals surface area contributed by atoms with E-state index in [-0.39, 0.29) is 0 Å². The molecule has 0 radical (unpaired) electrons. The molecule has 24 heavy (non-hydrogen) atoms. The number of rotatable bonds is 2. The second-order valence-electron chi connectivity index (χ2n) is 6.32. The fourth-order valence-electron chi connectivity index (χ4n) is 3.60. The minimum Gasteiger partial charge on any atom is -0.363 e. The summed E-state index contributed by atoms with van der Waals surface area (Å²) in [6.45, 7) is 2.92. The van der Waals surface area contributed by atoms with Gasteiger partial charge in [-0.05, 0) is 31.5 Å². The standard InChI is InChI=1S/C17H19N7/c1-2-7-24-15(5-1)13(9-21-24)16-19-10-14-17(22-16)23(11-20-14)12-4-3-6-18-8-12/h1-2,5,7,9-10,12,18,20H,3-4,6,8,11H2/t12-/m0/s1. The van der Waals surface area contributed by atoms with E-state index in [2.05, 4.69) is 25.6 Å². The van der Waals surface area contributed by atoms with Gasteiger partial charge in [-0.1, -0.05) is 6.07 Å². The molecule has 0 unspecified atom stereocenters. The van der Waals surface area contributed by atoms with Crippen molar-refractivity contribution in [3.05, 3.63) is 36.8 Å². The average Bonchev–Trinajstić information content (AvgIpc) is 3.26. The Kier molecular flexibility index (Phi) is 3.12. The molecule has 0 amide bonds. The number of hydrogen-bond donors (Lipinski definition) is 2. The van der Waals surface area contributed by atoms with Crippen molar-refractivity contribution in [1.29, 1.82) is 0 Å². The highest BCUT2D eigenvalue weighted by Gasteiger charge is 2.29. The predicted molar refractivity (Wildman–Crippen MR) is 93.1 cm³/mol. The van der Waals surface area contributed by atoms with Gasteiger partial charge >= 0.3 is 0 Å². The monoisotopic (exact) mass is 321 g/mol. The summed E-state index contributed by atoms with van der Waals surface area (Å²) < 4.78 is 1.85. The Morgan fingerprint density at radius 3 is 3.12 bits per heavy atom. The van der Waals surface area contributed by atoms with Crippen LogP contribution in [0.25, 0.3) is 16.9 Å². The molecule has 0 aromatic carbocycles. The Balaban J connectivity index is 1.55. The highest BCUT2D eigenvalue weighted by Crippen LogP contribution is 2.33. The molecule has 2 aliphatic heterocycles. The van der Waals surface area contributed by atoms with Gasteiger partial charge < -0.3 is 15.5 Å². The van der Waals surface area contributed by atoms with Gasteiger partial charge in [0.2, 0.25) is 0 Å². The molecule has 2 N–H and O–H groups in total. The maximum atomic E-state index is 4.87. The first-order valence-corrected chi connectivity index (χ1v) is 8.41. The summed E-state index contributed by atoms with van der Waals surface area (Å²) in [5.74, 6) is 1.73. The summed E-state index contributed by atoms with van der Waals surface area (Å²) in [5.41, 5.74) is 3.00. The minimum absolute atomic E-state index is 0.485. The summed E-state index contributed by atoms with van der Waals surface area (Å²) in [7, 11) is 0. The highest BCUT2D eigenvalue weighted by atomic mass is 15.4. The number of piperidine rings is 1. The molecule has 5 heterocycles. The molecule has 2 aliphatic rings. The van der Waals surface area contributed by atoms with E-state index in [0.717, 1.165) is 48.2 Å². The fourth-order valence-corrected chi connectivity index (χ4v) is 3.60. The molecule has 1 fully saturated rings. The first-order chi connectivity index (χ1) is 11.9. The summed E-state index contributed by atoms with van der Waals surface area (Å²) >= 11 is 0. The van der Waals surface area contributed by atoms with Crippen LogP contribution in [0.15, 0.2) is 36.8 Å². The molecule has 0 spiro atoms. The molecular weight excluding hydrogens is 302 g/mol. The Morgan fingerprint density at radius 2 is 2.21 bits per heavy atom. The largest absolute Gasteiger partial charge is 0.363 e. The first kappa shape index (κ1) is 13.7. The van der Waals surface area contributed by atoms with Gasteiger partial charge in [0, 0.05) is 18.8 Å². The molecule has 0 saturated carbocycles. The molecule has 0 aliphatic carbocycles. The van der Waals surface area contributed by atoms with E-state index in [4.69, 9.17) is 4.98 Å². The Hall–Kier alpha value is -2.67. The molecule has 7 heteroatoms. The van der Waals surface area contributed by atoms with Gasteiger partial charge in [-0.25, -0.2) is 14.5 Å². The van der Waals surface area contributed by atoms with Crippen LogP contribution < -0.4 is 15.5 Å². The van der Waals surface area contributed by atoms with Crippen LogP contribution in [-0.4, -0.2) is 45.4 Å². The van der Waals surface area contributed by atoms with Crippen LogP contribution in [0.1, 0.15) is 12.8 Å². The normalized spacial score (nSPS) is 20.2. The third kappa shape index (κ3) is 2.12. The highest BCUT2D eigenvalue weighted by molar-refractivity contribution is 5.79. The Labute approximate surface area is 139 Å². The van der Waals surface area contributed by atoms with Gasteiger partial charge in [0.25, 0.3) is 0 Å². The number of nitrogens with zero attached hydrogens (tertiary/aromatic N) is 5. The summed E-state index contributed by atoms with van der Waals surface area (Å²) in [6.07, 6.45) is 8.08. The summed E-state index contributed by atoms with van der Waals surface area (Å²) in [5, 5.41) is 11.3. The predicted octanol–water partition coefficient (Wildman–Crippen LogP) is 1.73. The molecule has 1 saturated heterocycles. The minimum atomic E-state index is 0.485. The van der Waals surface area contributed by atoms with Crippen LogP contribution in [0.2, 0.25) is 0 Å². The lowest BCUT2D eigenvalue weighted by atomic mass is 10.1. The second-order valence-corrected chi connectivity index (χ2v) is 6.32. The number of pyridine rings is 1. The Morgan fingerprint density at radius 1 is 1.21 bits per heavy atom. The van der Waals surface area contributed by atoms with Crippen LogP contribution in [0.5, 0.6) is 0 Å².